The highest BCUT2D eigenvalue weighted by Gasteiger charge is 2.32. The SMILES string of the molecule is COC(C)CC1(CCl)CCCCC1. The fraction of sp³-hybridized carbons (Fsp3) is 1.00. The van der Waals surface area contributed by atoms with Gasteiger partial charge in [-0.15, -0.1) is 11.6 Å². The summed E-state index contributed by atoms with van der Waals surface area (Å²) in [4.78, 5) is 0. The van der Waals surface area contributed by atoms with Gasteiger partial charge in [-0.2, -0.15) is 0 Å². The molecule has 0 heterocycles. The van der Waals surface area contributed by atoms with E-state index in [1.54, 1.807) is 7.11 Å². The molecule has 1 nitrogen and oxygen atoms in total. The van der Waals surface area contributed by atoms with Crippen molar-refractivity contribution in [3.63, 3.8) is 0 Å². The Morgan fingerprint density at radius 2 is 1.92 bits per heavy atom. The highest BCUT2D eigenvalue weighted by atomic mass is 35.5. The van der Waals surface area contributed by atoms with Crippen LogP contribution in [0.2, 0.25) is 0 Å². The molecule has 0 aliphatic heterocycles. The van der Waals surface area contributed by atoms with Crippen molar-refractivity contribution < 1.29 is 4.74 Å². The predicted octanol–water partition coefficient (Wildman–Crippen LogP) is 3.60. The molecule has 0 amide bonds. The lowest BCUT2D eigenvalue weighted by Crippen LogP contribution is -2.30. The monoisotopic (exact) mass is 204 g/mol. The molecule has 1 fully saturated rings. The average molecular weight is 205 g/mol. The number of hydrogen-bond donors (Lipinski definition) is 0. The highest BCUT2D eigenvalue weighted by molar-refractivity contribution is 6.18. The zero-order valence-electron chi connectivity index (χ0n) is 8.81. The van der Waals surface area contributed by atoms with E-state index in [2.05, 4.69) is 6.92 Å². The molecule has 13 heavy (non-hydrogen) atoms. The first-order chi connectivity index (χ1) is 6.22. The van der Waals surface area contributed by atoms with Gasteiger partial charge in [0.1, 0.15) is 0 Å². The fourth-order valence-corrected chi connectivity index (χ4v) is 2.76. The Kier molecular flexibility index (Phi) is 4.54. The lowest BCUT2D eigenvalue weighted by molar-refractivity contribution is 0.0557. The largest absolute Gasteiger partial charge is 0.382 e. The fourth-order valence-electron chi connectivity index (χ4n) is 2.39. The maximum absolute atomic E-state index is 6.08. The molecule has 1 saturated carbocycles. The van der Waals surface area contributed by atoms with Crippen LogP contribution in [0, 0.1) is 5.41 Å². The third-order valence-electron chi connectivity index (χ3n) is 3.32. The number of halogens is 1. The Bertz CT molecular complexity index is 141. The van der Waals surface area contributed by atoms with Gasteiger partial charge in [0.25, 0.3) is 0 Å². The van der Waals surface area contributed by atoms with Crippen molar-refractivity contribution in [2.24, 2.45) is 5.41 Å². The van der Waals surface area contributed by atoms with Crippen LogP contribution in [-0.4, -0.2) is 19.1 Å². The molecule has 0 aromatic heterocycles. The molecule has 1 atom stereocenters. The highest BCUT2D eigenvalue weighted by Crippen LogP contribution is 2.41. The molecule has 78 valence electrons. The Hall–Kier alpha value is 0.250. The molecule has 0 aromatic carbocycles. The average Bonchev–Trinajstić information content (AvgIpc) is 2.19. The van der Waals surface area contributed by atoms with E-state index < -0.39 is 0 Å². The second kappa shape index (κ2) is 5.21. The number of rotatable bonds is 4. The second-order valence-corrected chi connectivity index (χ2v) is 4.71. The third kappa shape index (κ3) is 3.14. The molecule has 1 aliphatic rings. The summed E-state index contributed by atoms with van der Waals surface area (Å²) in [7, 11) is 1.79. The number of alkyl halides is 1. The molecule has 0 saturated heterocycles. The van der Waals surface area contributed by atoms with Gasteiger partial charge in [-0.05, 0) is 31.6 Å². The summed E-state index contributed by atoms with van der Waals surface area (Å²) in [6.07, 6.45) is 8.17. The molecule has 0 radical (unpaired) electrons. The van der Waals surface area contributed by atoms with Crippen LogP contribution in [0.3, 0.4) is 0 Å². The molecule has 0 N–H and O–H groups in total. The molecule has 1 aliphatic carbocycles. The van der Waals surface area contributed by atoms with Crippen LogP contribution in [-0.2, 0) is 4.74 Å². The van der Waals surface area contributed by atoms with Crippen molar-refractivity contribution in [2.75, 3.05) is 13.0 Å². The van der Waals surface area contributed by atoms with Crippen molar-refractivity contribution in [2.45, 2.75) is 51.6 Å². The van der Waals surface area contributed by atoms with Crippen LogP contribution >= 0.6 is 11.6 Å². The molecule has 1 unspecified atom stereocenters. The summed E-state index contributed by atoms with van der Waals surface area (Å²) in [5.74, 6) is 0.806. The number of ether oxygens (including phenoxy) is 1. The van der Waals surface area contributed by atoms with E-state index in [0.717, 1.165) is 12.3 Å². The van der Waals surface area contributed by atoms with Gasteiger partial charge < -0.3 is 4.74 Å². The zero-order valence-corrected chi connectivity index (χ0v) is 9.57. The first-order valence-electron chi connectivity index (χ1n) is 5.31. The normalized spacial score (nSPS) is 24.2. The van der Waals surface area contributed by atoms with E-state index >= 15 is 0 Å². The van der Waals surface area contributed by atoms with E-state index in [1.807, 2.05) is 0 Å². The lowest BCUT2D eigenvalue weighted by Gasteiger charge is -2.37. The first kappa shape index (κ1) is 11.3. The van der Waals surface area contributed by atoms with Crippen molar-refractivity contribution in [1.29, 1.82) is 0 Å². The maximum Gasteiger partial charge on any atom is 0.0548 e. The zero-order chi connectivity index (χ0) is 9.73. The van der Waals surface area contributed by atoms with Crippen LogP contribution < -0.4 is 0 Å². The molecule has 0 bridgehead atoms. The summed E-state index contributed by atoms with van der Waals surface area (Å²) in [6.45, 7) is 2.14. The number of methoxy groups -OCH3 is 1. The van der Waals surface area contributed by atoms with Gasteiger partial charge in [-0.1, -0.05) is 19.3 Å². The van der Waals surface area contributed by atoms with Gasteiger partial charge >= 0.3 is 0 Å². The lowest BCUT2D eigenvalue weighted by atomic mass is 9.72. The molecule has 0 spiro atoms. The minimum atomic E-state index is 0.358. The summed E-state index contributed by atoms with van der Waals surface area (Å²) in [5.41, 5.74) is 0.384. The van der Waals surface area contributed by atoms with E-state index in [1.165, 1.54) is 32.1 Å². The Labute approximate surface area is 86.8 Å². The van der Waals surface area contributed by atoms with Crippen LogP contribution in [0.1, 0.15) is 45.4 Å². The van der Waals surface area contributed by atoms with Gasteiger partial charge in [-0.3, -0.25) is 0 Å². The van der Waals surface area contributed by atoms with Gasteiger partial charge in [0.2, 0.25) is 0 Å². The standard InChI is InChI=1S/C11H21ClO/c1-10(13-2)8-11(9-12)6-4-3-5-7-11/h10H,3-9H2,1-2H3. The Balaban J connectivity index is 2.47. The van der Waals surface area contributed by atoms with Crippen LogP contribution in [0.4, 0.5) is 0 Å². The molecule has 0 aromatic rings. The predicted molar refractivity (Wildman–Crippen MR) is 57.3 cm³/mol. The van der Waals surface area contributed by atoms with E-state index in [9.17, 15) is 0 Å². The van der Waals surface area contributed by atoms with E-state index in [0.29, 0.717) is 11.5 Å². The first-order valence-corrected chi connectivity index (χ1v) is 5.85. The van der Waals surface area contributed by atoms with Crippen molar-refractivity contribution >= 4 is 11.6 Å². The third-order valence-corrected chi connectivity index (χ3v) is 3.89. The van der Waals surface area contributed by atoms with Crippen molar-refractivity contribution in [3.05, 3.63) is 0 Å². The molecular weight excluding hydrogens is 184 g/mol. The van der Waals surface area contributed by atoms with Gasteiger partial charge in [-0.25, -0.2) is 0 Å². The minimum absolute atomic E-state index is 0.358. The summed E-state index contributed by atoms with van der Waals surface area (Å²) in [6, 6.07) is 0. The second-order valence-electron chi connectivity index (χ2n) is 4.44. The van der Waals surface area contributed by atoms with Crippen molar-refractivity contribution in [1.82, 2.24) is 0 Å². The molecule has 2 heteroatoms. The Morgan fingerprint density at radius 1 is 1.31 bits per heavy atom. The number of hydrogen-bond acceptors (Lipinski definition) is 1. The van der Waals surface area contributed by atoms with E-state index in [-0.39, 0.29) is 0 Å². The summed E-state index contributed by atoms with van der Waals surface area (Å²) >= 11 is 6.08. The summed E-state index contributed by atoms with van der Waals surface area (Å²) in [5, 5.41) is 0. The smallest absolute Gasteiger partial charge is 0.0548 e. The van der Waals surface area contributed by atoms with Crippen LogP contribution in [0.25, 0.3) is 0 Å². The van der Waals surface area contributed by atoms with Crippen molar-refractivity contribution in [3.8, 4) is 0 Å². The molecule has 1 rings (SSSR count). The quantitative estimate of drug-likeness (QED) is 0.636. The van der Waals surface area contributed by atoms with Crippen LogP contribution in [0.5, 0.6) is 0 Å². The summed E-state index contributed by atoms with van der Waals surface area (Å²) < 4.78 is 5.32. The van der Waals surface area contributed by atoms with Gasteiger partial charge in [0.05, 0.1) is 6.10 Å². The van der Waals surface area contributed by atoms with Gasteiger partial charge in [0.15, 0.2) is 0 Å². The minimum Gasteiger partial charge on any atom is -0.382 e. The Morgan fingerprint density at radius 3 is 2.38 bits per heavy atom. The molecular formula is C11H21ClO. The topological polar surface area (TPSA) is 9.23 Å². The van der Waals surface area contributed by atoms with Crippen LogP contribution in [0.15, 0.2) is 0 Å². The van der Waals surface area contributed by atoms with Gasteiger partial charge in [0, 0.05) is 13.0 Å². The maximum atomic E-state index is 6.08. The van der Waals surface area contributed by atoms with E-state index in [4.69, 9.17) is 16.3 Å².